The first-order valence-corrected chi connectivity index (χ1v) is 9.50. The van der Waals surface area contributed by atoms with E-state index in [0.717, 1.165) is 48.1 Å². The molecule has 1 heterocycles. The largest absolute Gasteiger partial charge is 0.444 e. The molecular formula is C22H26N2O3. The number of benzene rings is 1. The molecule has 0 aliphatic heterocycles. The lowest BCUT2D eigenvalue weighted by Crippen LogP contribution is -2.35. The first-order chi connectivity index (χ1) is 12.7. The highest BCUT2D eigenvalue weighted by molar-refractivity contribution is 5.65. The van der Waals surface area contributed by atoms with Gasteiger partial charge in [0.2, 0.25) is 0 Å². The molecule has 3 N–H and O–H groups in total. The Bertz CT molecular complexity index is 848. The first kappa shape index (κ1) is 18.0. The Morgan fingerprint density at radius 3 is 2.22 bits per heavy atom. The number of rotatable bonds is 6. The van der Waals surface area contributed by atoms with Gasteiger partial charge in [-0.05, 0) is 63.1 Å². The van der Waals surface area contributed by atoms with Crippen molar-refractivity contribution in [1.29, 1.82) is 0 Å². The van der Waals surface area contributed by atoms with Crippen molar-refractivity contribution >= 4 is 6.09 Å². The van der Waals surface area contributed by atoms with Crippen LogP contribution < -0.4 is 5.73 Å². The van der Waals surface area contributed by atoms with Crippen LogP contribution in [0.2, 0.25) is 0 Å². The van der Waals surface area contributed by atoms with Gasteiger partial charge in [-0.15, -0.1) is 0 Å². The third-order valence-electron chi connectivity index (χ3n) is 5.78. The average molecular weight is 366 g/mol. The summed E-state index contributed by atoms with van der Waals surface area (Å²) in [5, 5.41) is 10.2. The van der Waals surface area contributed by atoms with Crippen molar-refractivity contribution in [1.82, 2.24) is 4.98 Å². The molecule has 5 nitrogen and oxygen atoms in total. The number of carbonyl (C=O) groups is 1. The van der Waals surface area contributed by atoms with Crippen LogP contribution in [-0.4, -0.2) is 21.8 Å². The van der Waals surface area contributed by atoms with E-state index in [1.807, 2.05) is 44.3 Å². The second-order valence-corrected chi connectivity index (χ2v) is 8.68. The van der Waals surface area contributed by atoms with Gasteiger partial charge in [0.15, 0.2) is 0 Å². The number of amides is 1. The van der Waals surface area contributed by atoms with Crippen molar-refractivity contribution in [3.8, 4) is 11.1 Å². The Labute approximate surface area is 159 Å². The van der Waals surface area contributed by atoms with E-state index in [4.69, 9.17) is 15.5 Å². The van der Waals surface area contributed by atoms with Gasteiger partial charge in [0.25, 0.3) is 0 Å². The van der Waals surface area contributed by atoms with Crippen molar-refractivity contribution in [2.75, 3.05) is 0 Å². The highest BCUT2D eigenvalue weighted by Gasteiger charge is 2.49. The Kier molecular flexibility index (Phi) is 4.04. The Balaban J connectivity index is 1.49. The molecule has 1 aromatic heterocycles. The molecule has 0 unspecified atom stereocenters. The molecule has 5 heteroatoms. The Hall–Kier alpha value is -2.40. The van der Waals surface area contributed by atoms with Crippen LogP contribution in [-0.2, 0) is 15.8 Å². The van der Waals surface area contributed by atoms with Crippen LogP contribution in [0.1, 0.15) is 57.2 Å². The SMILES string of the molecule is CC(C)(CC1(c2ccc(-c3ccc(C4(O)CC4)cc3)cn2)CC1)OC(N)=O. The smallest absolute Gasteiger partial charge is 0.405 e. The van der Waals surface area contributed by atoms with Gasteiger partial charge in [-0.25, -0.2) is 4.79 Å². The number of ether oxygens (including phenoxy) is 1. The van der Waals surface area contributed by atoms with E-state index in [-0.39, 0.29) is 5.41 Å². The van der Waals surface area contributed by atoms with E-state index >= 15 is 0 Å². The summed E-state index contributed by atoms with van der Waals surface area (Å²) in [6, 6.07) is 12.2. The van der Waals surface area contributed by atoms with Crippen molar-refractivity contribution in [3.63, 3.8) is 0 Å². The van der Waals surface area contributed by atoms with Gasteiger partial charge in [0, 0.05) is 22.9 Å². The maximum absolute atomic E-state index is 11.1. The zero-order chi connectivity index (χ0) is 19.3. The van der Waals surface area contributed by atoms with Crippen LogP contribution >= 0.6 is 0 Å². The van der Waals surface area contributed by atoms with Gasteiger partial charge in [-0.2, -0.15) is 0 Å². The highest BCUT2D eigenvalue weighted by Crippen LogP contribution is 2.53. The Morgan fingerprint density at radius 2 is 1.74 bits per heavy atom. The van der Waals surface area contributed by atoms with Gasteiger partial charge in [0.05, 0.1) is 5.60 Å². The Morgan fingerprint density at radius 1 is 1.11 bits per heavy atom. The lowest BCUT2D eigenvalue weighted by Gasteiger charge is -2.28. The van der Waals surface area contributed by atoms with Crippen LogP contribution in [0.15, 0.2) is 42.6 Å². The van der Waals surface area contributed by atoms with Gasteiger partial charge >= 0.3 is 6.09 Å². The summed E-state index contributed by atoms with van der Waals surface area (Å²) >= 11 is 0. The standard InChI is InChI=1S/C22H26N2O3/c1-20(2,27-19(23)25)14-21(9-10-21)18-8-5-16(13-24-18)15-3-6-17(7-4-15)22(26)11-12-22/h3-8,13,26H,9-12,14H2,1-2H3,(H2,23,25). The molecule has 2 saturated carbocycles. The fourth-order valence-electron chi connectivity index (χ4n) is 4.06. The molecule has 4 rings (SSSR count). The third kappa shape index (κ3) is 3.69. The molecule has 27 heavy (non-hydrogen) atoms. The molecule has 1 amide bonds. The van der Waals surface area contributed by atoms with Crippen molar-refractivity contribution in [3.05, 3.63) is 53.9 Å². The van der Waals surface area contributed by atoms with Crippen LogP contribution in [0, 0.1) is 0 Å². The number of aromatic nitrogens is 1. The average Bonchev–Trinajstić information content (AvgIpc) is 3.53. The maximum Gasteiger partial charge on any atom is 0.405 e. The summed E-state index contributed by atoms with van der Waals surface area (Å²) in [4.78, 5) is 15.8. The minimum Gasteiger partial charge on any atom is -0.444 e. The predicted octanol–water partition coefficient (Wildman–Crippen LogP) is 4.03. The fraction of sp³-hybridized carbons (Fsp3) is 0.455. The molecule has 2 aliphatic rings. The summed E-state index contributed by atoms with van der Waals surface area (Å²) in [6.07, 6.45) is 5.65. The zero-order valence-corrected chi connectivity index (χ0v) is 15.9. The van der Waals surface area contributed by atoms with Crippen molar-refractivity contribution < 1.29 is 14.6 Å². The number of hydrogen-bond donors (Lipinski definition) is 2. The second-order valence-electron chi connectivity index (χ2n) is 8.68. The van der Waals surface area contributed by atoms with Gasteiger partial charge < -0.3 is 15.6 Å². The molecule has 2 fully saturated rings. The summed E-state index contributed by atoms with van der Waals surface area (Å²) in [7, 11) is 0. The minimum absolute atomic E-state index is 0.0312. The third-order valence-corrected chi connectivity index (χ3v) is 5.78. The van der Waals surface area contributed by atoms with Crippen LogP contribution in [0.3, 0.4) is 0 Å². The van der Waals surface area contributed by atoms with Crippen LogP contribution in [0.25, 0.3) is 11.1 Å². The van der Waals surface area contributed by atoms with E-state index in [9.17, 15) is 9.90 Å². The summed E-state index contributed by atoms with van der Waals surface area (Å²) in [5.74, 6) is 0. The molecule has 142 valence electrons. The van der Waals surface area contributed by atoms with Crippen molar-refractivity contribution in [2.45, 2.75) is 62.6 Å². The summed E-state index contributed by atoms with van der Waals surface area (Å²) in [5.41, 5.74) is 8.12. The minimum atomic E-state index is -0.738. The quantitative estimate of drug-likeness (QED) is 0.808. The molecule has 0 atom stereocenters. The first-order valence-electron chi connectivity index (χ1n) is 9.50. The predicted molar refractivity (Wildman–Crippen MR) is 103 cm³/mol. The molecule has 0 saturated heterocycles. The van der Waals surface area contributed by atoms with Gasteiger partial charge in [-0.1, -0.05) is 30.3 Å². The monoisotopic (exact) mass is 366 g/mol. The zero-order valence-electron chi connectivity index (χ0n) is 15.9. The maximum atomic E-state index is 11.1. The number of primary amides is 1. The van der Waals surface area contributed by atoms with Crippen LogP contribution in [0.4, 0.5) is 4.79 Å². The van der Waals surface area contributed by atoms with Crippen molar-refractivity contribution in [2.24, 2.45) is 5.73 Å². The molecule has 0 spiro atoms. The lowest BCUT2D eigenvalue weighted by atomic mass is 9.87. The topological polar surface area (TPSA) is 85.4 Å². The number of aliphatic hydroxyl groups is 1. The fourth-order valence-corrected chi connectivity index (χ4v) is 4.06. The second kappa shape index (κ2) is 6.06. The van der Waals surface area contributed by atoms with Gasteiger partial charge in [-0.3, -0.25) is 4.98 Å². The van der Waals surface area contributed by atoms with E-state index < -0.39 is 17.3 Å². The molecule has 0 bridgehead atoms. The van der Waals surface area contributed by atoms with Crippen LogP contribution in [0.5, 0.6) is 0 Å². The molecule has 0 radical (unpaired) electrons. The molecule has 2 aromatic rings. The van der Waals surface area contributed by atoms with Gasteiger partial charge in [0.1, 0.15) is 5.60 Å². The summed E-state index contributed by atoms with van der Waals surface area (Å²) < 4.78 is 5.26. The lowest BCUT2D eigenvalue weighted by molar-refractivity contribution is 0.0309. The molecular weight excluding hydrogens is 340 g/mol. The molecule has 1 aromatic carbocycles. The molecule has 2 aliphatic carbocycles. The van der Waals surface area contributed by atoms with E-state index in [2.05, 4.69) is 12.1 Å². The van der Waals surface area contributed by atoms with E-state index in [0.29, 0.717) is 6.42 Å². The normalized spacial score (nSPS) is 19.4. The van der Waals surface area contributed by atoms with E-state index in [1.54, 1.807) is 0 Å². The number of nitrogens with zero attached hydrogens (tertiary/aromatic N) is 1. The number of carbonyl (C=O) groups excluding carboxylic acids is 1. The number of hydrogen-bond acceptors (Lipinski definition) is 4. The van der Waals surface area contributed by atoms with E-state index in [1.165, 1.54) is 0 Å². The summed E-state index contributed by atoms with van der Waals surface area (Å²) in [6.45, 7) is 3.78. The number of pyridine rings is 1. The number of nitrogens with two attached hydrogens (primary N) is 1. The highest BCUT2D eigenvalue weighted by atomic mass is 16.6.